The van der Waals surface area contributed by atoms with Crippen molar-refractivity contribution in [1.29, 1.82) is 0 Å². The van der Waals surface area contributed by atoms with Crippen molar-refractivity contribution < 1.29 is 14.3 Å². The average Bonchev–Trinajstić information content (AvgIpc) is 3.20. The monoisotopic (exact) mass is 302 g/mol. The minimum atomic E-state index is -0.00503. The molecule has 0 saturated heterocycles. The van der Waals surface area contributed by atoms with Gasteiger partial charge in [0.25, 0.3) is 0 Å². The number of benzene rings is 1. The fraction of sp³-hybridized carbons (Fsp3) is 0.267. The van der Waals surface area contributed by atoms with Crippen LogP contribution in [0.25, 0.3) is 16.7 Å². The Labute approximate surface area is 125 Å². The number of aliphatic hydroxyl groups excluding tert-OH is 1. The van der Waals surface area contributed by atoms with Gasteiger partial charge in [-0.3, -0.25) is 4.99 Å². The van der Waals surface area contributed by atoms with Crippen molar-refractivity contribution in [3.8, 4) is 5.75 Å². The zero-order valence-electron chi connectivity index (χ0n) is 11.5. The van der Waals surface area contributed by atoms with Crippen LogP contribution in [0.2, 0.25) is 0 Å². The van der Waals surface area contributed by atoms with E-state index in [9.17, 15) is 5.11 Å². The molecule has 108 valence electrons. The van der Waals surface area contributed by atoms with Gasteiger partial charge in [0, 0.05) is 22.4 Å². The smallest absolute Gasteiger partial charge is 0.168 e. The minimum Gasteiger partial charge on any atom is -0.497 e. The topological polar surface area (TPSA) is 58.2 Å². The van der Waals surface area contributed by atoms with Crippen LogP contribution in [0.5, 0.6) is 5.75 Å². The number of methoxy groups -OCH3 is 1. The SMILES string of the molecule is COc1cc(C2=C(CO)SC3=NCCN32)c2occc2c1. The molecule has 0 saturated carbocycles. The van der Waals surface area contributed by atoms with Crippen LogP contribution in [0.4, 0.5) is 0 Å². The maximum Gasteiger partial charge on any atom is 0.168 e. The van der Waals surface area contributed by atoms with Crippen molar-refractivity contribution in [3.05, 3.63) is 34.9 Å². The molecule has 1 aromatic heterocycles. The summed E-state index contributed by atoms with van der Waals surface area (Å²) in [7, 11) is 1.65. The number of hydrogen-bond acceptors (Lipinski definition) is 6. The van der Waals surface area contributed by atoms with E-state index in [0.29, 0.717) is 0 Å². The molecule has 2 aromatic rings. The highest BCUT2D eigenvalue weighted by Gasteiger charge is 2.34. The molecule has 1 aromatic carbocycles. The Hall–Kier alpha value is -1.92. The lowest BCUT2D eigenvalue weighted by molar-refractivity contribution is 0.339. The summed E-state index contributed by atoms with van der Waals surface area (Å²) in [5.41, 5.74) is 2.74. The predicted octanol–water partition coefficient (Wildman–Crippen LogP) is 2.52. The number of ether oxygens (including phenoxy) is 1. The number of nitrogens with zero attached hydrogens (tertiary/aromatic N) is 2. The number of aliphatic hydroxyl groups is 1. The van der Waals surface area contributed by atoms with E-state index in [-0.39, 0.29) is 6.61 Å². The van der Waals surface area contributed by atoms with Gasteiger partial charge in [0.1, 0.15) is 11.3 Å². The summed E-state index contributed by atoms with van der Waals surface area (Å²) in [5, 5.41) is 11.6. The summed E-state index contributed by atoms with van der Waals surface area (Å²) >= 11 is 1.53. The number of rotatable bonds is 3. The van der Waals surface area contributed by atoms with Crippen molar-refractivity contribution in [2.45, 2.75) is 0 Å². The quantitative estimate of drug-likeness (QED) is 0.944. The summed E-state index contributed by atoms with van der Waals surface area (Å²) in [5.74, 6) is 0.776. The summed E-state index contributed by atoms with van der Waals surface area (Å²) in [6, 6.07) is 5.82. The van der Waals surface area contributed by atoms with Gasteiger partial charge in [-0.25, -0.2) is 0 Å². The van der Waals surface area contributed by atoms with E-state index in [1.165, 1.54) is 11.8 Å². The zero-order valence-corrected chi connectivity index (χ0v) is 12.3. The van der Waals surface area contributed by atoms with E-state index >= 15 is 0 Å². The lowest BCUT2D eigenvalue weighted by Gasteiger charge is -2.18. The van der Waals surface area contributed by atoms with Gasteiger partial charge >= 0.3 is 0 Å². The van der Waals surface area contributed by atoms with Crippen molar-refractivity contribution in [1.82, 2.24) is 4.90 Å². The second kappa shape index (κ2) is 4.82. The van der Waals surface area contributed by atoms with E-state index in [4.69, 9.17) is 9.15 Å². The zero-order chi connectivity index (χ0) is 14.4. The molecule has 0 amide bonds. The van der Waals surface area contributed by atoms with E-state index < -0.39 is 0 Å². The third-order valence-corrected chi connectivity index (χ3v) is 4.81. The fourth-order valence-electron chi connectivity index (χ4n) is 2.78. The molecule has 0 radical (unpaired) electrons. The molecule has 0 spiro atoms. The molecule has 2 aliphatic rings. The van der Waals surface area contributed by atoms with E-state index in [2.05, 4.69) is 9.89 Å². The average molecular weight is 302 g/mol. The number of thioether (sulfide) groups is 1. The van der Waals surface area contributed by atoms with Gasteiger partial charge < -0.3 is 19.2 Å². The predicted molar refractivity (Wildman–Crippen MR) is 83.4 cm³/mol. The molecular weight excluding hydrogens is 288 g/mol. The third-order valence-electron chi connectivity index (χ3n) is 3.71. The summed E-state index contributed by atoms with van der Waals surface area (Å²) in [4.78, 5) is 7.52. The number of aliphatic imine (C=N–C) groups is 1. The summed E-state index contributed by atoms with van der Waals surface area (Å²) in [6.07, 6.45) is 1.67. The molecule has 0 bridgehead atoms. The Morgan fingerprint density at radius 2 is 2.38 bits per heavy atom. The largest absolute Gasteiger partial charge is 0.497 e. The second-order valence-corrected chi connectivity index (χ2v) is 5.92. The van der Waals surface area contributed by atoms with E-state index in [1.54, 1.807) is 13.4 Å². The van der Waals surface area contributed by atoms with Gasteiger partial charge in [0.15, 0.2) is 5.17 Å². The van der Waals surface area contributed by atoms with Crippen molar-refractivity contribution in [3.63, 3.8) is 0 Å². The van der Waals surface area contributed by atoms with Gasteiger partial charge in [0.05, 0.1) is 32.2 Å². The number of hydrogen-bond donors (Lipinski definition) is 1. The van der Waals surface area contributed by atoms with Crippen molar-refractivity contribution in [2.24, 2.45) is 4.99 Å². The van der Waals surface area contributed by atoms with Crippen LogP contribution in [0.3, 0.4) is 0 Å². The van der Waals surface area contributed by atoms with Crippen LogP contribution in [0.1, 0.15) is 5.56 Å². The summed E-state index contributed by atoms with van der Waals surface area (Å²) < 4.78 is 11.0. The normalized spacial score (nSPS) is 17.6. The molecular formula is C15H14N2O3S. The van der Waals surface area contributed by atoms with Gasteiger partial charge in [-0.05, 0) is 18.2 Å². The fourth-order valence-corrected chi connectivity index (χ4v) is 3.83. The Morgan fingerprint density at radius 1 is 1.48 bits per heavy atom. The molecule has 0 fully saturated rings. The Morgan fingerprint density at radius 3 is 3.19 bits per heavy atom. The number of furan rings is 1. The van der Waals surface area contributed by atoms with Gasteiger partial charge in [-0.15, -0.1) is 0 Å². The Kier molecular flexibility index (Phi) is 2.94. The van der Waals surface area contributed by atoms with Crippen LogP contribution in [0, 0.1) is 0 Å². The standard InChI is InChI=1S/C15H14N2O3S/c1-19-10-6-9-2-5-20-14(9)11(7-10)13-12(8-18)21-15-16-3-4-17(13)15/h2,5-7,18H,3-4,8H2,1H3. The molecule has 6 heteroatoms. The highest BCUT2D eigenvalue weighted by Crippen LogP contribution is 2.44. The molecule has 1 N–H and O–H groups in total. The molecule has 5 nitrogen and oxygen atoms in total. The second-order valence-electron chi connectivity index (χ2n) is 4.86. The molecule has 4 rings (SSSR count). The van der Waals surface area contributed by atoms with E-state index in [0.717, 1.165) is 51.1 Å². The maximum absolute atomic E-state index is 9.68. The summed E-state index contributed by atoms with van der Waals surface area (Å²) in [6.45, 7) is 1.62. The first-order valence-electron chi connectivity index (χ1n) is 6.71. The van der Waals surface area contributed by atoms with Gasteiger partial charge in [-0.2, -0.15) is 0 Å². The molecule has 0 unspecified atom stereocenters. The molecule has 0 aliphatic carbocycles. The van der Waals surface area contributed by atoms with Crippen LogP contribution >= 0.6 is 11.8 Å². The van der Waals surface area contributed by atoms with Crippen LogP contribution in [0.15, 0.2) is 38.8 Å². The lowest BCUT2D eigenvalue weighted by Crippen LogP contribution is -2.20. The highest BCUT2D eigenvalue weighted by atomic mass is 32.2. The van der Waals surface area contributed by atoms with Crippen LogP contribution < -0.4 is 4.74 Å². The Balaban J connectivity index is 1.96. The molecule has 2 aliphatic heterocycles. The Bertz CT molecular complexity index is 778. The van der Waals surface area contributed by atoms with Gasteiger partial charge in [0.2, 0.25) is 0 Å². The van der Waals surface area contributed by atoms with Crippen molar-refractivity contribution in [2.75, 3.05) is 26.8 Å². The highest BCUT2D eigenvalue weighted by molar-refractivity contribution is 8.17. The third kappa shape index (κ3) is 1.86. The van der Waals surface area contributed by atoms with Crippen molar-refractivity contribution >= 4 is 33.6 Å². The lowest BCUT2D eigenvalue weighted by atomic mass is 10.1. The van der Waals surface area contributed by atoms with Crippen LogP contribution in [-0.4, -0.2) is 42.0 Å². The van der Waals surface area contributed by atoms with E-state index in [1.807, 2.05) is 18.2 Å². The molecule has 3 heterocycles. The first-order chi connectivity index (χ1) is 10.3. The molecule has 21 heavy (non-hydrogen) atoms. The minimum absolute atomic E-state index is 0.00503. The first kappa shape index (κ1) is 12.8. The number of fused-ring (bicyclic) bond motifs is 2. The van der Waals surface area contributed by atoms with Crippen LogP contribution in [-0.2, 0) is 0 Å². The maximum atomic E-state index is 9.68. The number of amidine groups is 1. The first-order valence-corrected chi connectivity index (χ1v) is 7.53. The van der Waals surface area contributed by atoms with Gasteiger partial charge in [-0.1, -0.05) is 11.8 Å². The molecule has 0 atom stereocenters.